The summed E-state index contributed by atoms with van der Waals surface area (Å²) in [5.41, 5.74) is 2.42. The third-order valence-electron chi connectivity index (χ3n) is 4.00. The lowest BCUT2D eigenvalue weighted by Crippen LogP contribution is -2.43. The van der Waals surface area contributed by atoms with Gasteiger partial charge in [0.05, 0.1) is 17.1 Å². The molecule has 0 bridgehead atoms. The quantitative estimate of drug-likeness (QED) is 0.846. The molecule has 3 heterocycles. The van der Waals surface area contributed by atoms with Crippen LogP contribution in [-0.2, 0) is 4.79 Å². The molecule has 8 heteroatoms. The van der Waals surface area contributed by atoms with E-state index >= 15 is 0 Å². The summed E-state index contributed by atoms with van der Waals surface area (Å²) in [6, 6.07) is 3.57. The van der Waals surface area contributed by atoms with E-state index in [-0.39, 0.29) is 17.7 Å². The summed E-state index contributed by atoms with van der Waals surface area (Å²) in [4.78, 5) is 35.8. The van der Waals surface area contributed by atoms with E-state index in [4.69, 9.17) is 0 Å². The number of aromatic nitrogens is 2. The molecule has 3 rings (SSSR count). The van der Waals surface area contributed by atoms with Gasteiger partial charge in [-0.2, -0.15) is 0 Å². The number of pyridine rings is 1. The third-order valence-corrected chi connectivity index (χ3v) is 5.38. The Morgan fingerprint density at radius 3 is 2.88 bits per heavy atom. The van der Waals surface area contributed by atoms with Gasteiger partial charge in [-0.05, 0) is 47.8 Å². The number of likely N-dealkylation sites (tertiary alicyclic amines) is 1. The number of nitrogens with zero attached hydrogens (tertiary/aromatic N) is 3. The zero-order valence-corrected chi connectivity index (χ0v) is 15.6. The van der Waals surface area contributed by atoms with E-state index in [2.05, 4.69) is 31.2 Å². The molecule has 0 aromatic carbocycles. The first-order chi connectivity index (χ1) is 11.5. The molecule has 0 saturated carbocycles. The molecule has 1 unspecified atom stereocenters. The highest BCUT2D eigenvalue weighted by atomic mass is 79.9. The van der Waals surface area contributed by atoms with Crippen molar-refractivity contribution >= 4 is 44.9 Å². The van der Waals surface area contributed by atoms with Gasteiger partial charge in [-0.3, -0.25) is 9.59 Å². The predicted octanol–water partition coefficient (Wildman–Crippen LogP) is 3.10. The van der Waals surface area contributed by atoms with Crippen molar-refractivity contribution < 1.29 is 9.59 Å². The van der Waals surface area contributed by atoms with E-state index < -0.39 is 0 Å². The van der Waals surface area contributed by atoms with E-state index in [1.54, 1.807) is 22.7 Å². The molecule has 1 aliphatic heterocycles. The van der Waals surface area contributed by atoms with E-state index in [0.717, 1.165) is 23.0 Å². The van der Waals surface area contributed by atoms with Gasteiger partial charge in [0.1, 0.15) is 10.7 Å². The minimum Gasteiger partial charge on any atom is -0.337 e. The average Bonchev–Trinajstić information content (AvgIpc) is 3.02. The van der Waals surface area contributed by atoms with Crippen molar-refractivity contribution in [1.82, 2.24) is 14.9 Å². The second-order valence-electron chi connectivity index (χ2n) is 5.71. The van der Waals surface area contributed by atoms with Crippen LogP contribution in [0.4, 0.5) is 5.82 Å². The molecule has 2 aromatic rings. The van der Waals surface area contributed by atoms with Gasteiger partial charge in [-0.15, -0.1) is 11.3 Å². The fraction of sp³-hybridized carbons (Fsp3) is 0.375. The molecule has 1 N–H and O–H groups in total. The van der Waals surface area contributed by atoms with Crippen molar-refractivity contribution in [3.05, 3.63) is 38.9 Å². The molecule has 2 aromatic heterocycles. The van der Waals surface area contributed by atoms with E-state index in [1.165, 1.54) is 11.3 Å². The molecule has 126 valence electrons. The van der Waals surface area contributed by atoms with E-state index in [9.17, 15) is 9.59 Å². The molecule has 1 aliphatic rings. The maximum atomic E-state index is 12.6. The van der Waals surface area contributed by atoms with Crippen molar-refractivity contribution in [2.24, 2.45) is 5.92 Å². The van der Waals surface area contributed by atoms with E-state index in [0.29, 0.717) is 23.8 Å². The first kappa shape index (κ1) is 17.0. The Balaban J connectivity index is 1.64. The zero-order chi connectivity index (χ0) is 17.1. The van der Waals surface area contributed by atoms with Crippen LogP contribution in [0, 0.1) is 12.8 Å². The van der Waals surface area contributed by atoms with Crippen molar-refractivity contribution in [1.29, 1.82) is 0 Å². The van der Waals surface area contributed by atoms with Crippen LogP contribution in [-0.4, -0.2) is 39.8 Å². The summed E-state index contributed by atoms with van der Waals surface area (Å²) >= 11 is 4.66. The van der Waals surface area contributed by atoms with Gasteiger partial charge in [0.25, 0.3) is 5.91 Å². The normalized spacial score (nSPS) is 17.6. The fourth-order valence-corrected chi connectivity index (χ4v) is 3.71. The Morgan fingerprint density at radius 2 is 2.21 bits per heavy atom. The van der Waals surface area contributed by atoms with Crippen LogP contribution >= 0.6 is 27.3 Å². The fourth-order valence-electron chi connectivity index (χ4n) is 2.70. The van der Waals surface area contributed by atoms with E-state index in [1.807, 2.05) is 13.0 Å². The lowest BCUT2D eigenvalue weighted by atomic mass is 9.97. The van der Waals surface area contributed by atoms with Crippen LogP contribution in [0.2, 0.25) is 0 Å². The van der Waals surface area contributed by atoms with Crippen LogP contribution in [0.15, 0.2) is 28.3 Å². The first-order valence-electron chi connectivity index (χ1n) is 7.66. The first-order valence-corrected chi connectivity index (χ1v) is 9.33. The maximum Gasteiger partial charge on any atom is 0.265 e. The molecule has 1 atom stereocenters. The number of thiazole rings is 1. The van der Waals surface area contributed by atoms with Crippen LogP contribution < -0.4 is 5.32 Å². The molecule has 1 fully saturated rings. The summed E-state index contributed by atoms with van der Waals surface area (Å²) in [7, 11) is 0. The molecule has 6 nitrogen and oxygen atoms in total. The molecule has 0 aliphatic carbocycles. The maximum absolute atomic E-state index is 12.6. The second kappa shape index (κ2) is 7.40. The number of nitrogens with one attached hydrogen (secondary N) is 1. The summed E-state index contributed by atoms with van der Waals surface area (Å²) in [5.74, 6) is 0.170. The summed E-state index contributed by atoms with van der Waals surface area (Å²) in [6.45, 7) is 2.94. The van der Waals surface area contributed by atoms with Gasteiger partial charge in [0.2, 0.25) is 5.91 Å². The monoisotopic (exact) mass is 408 g/mol. The number of anilines is 1. The molecular weight excluding hydrogens is 392 g/mol. The van der Waals surface area contributed by atoms with Crippen LogP contribution in [0.3, 0.4) is 0 Å². The average molecular weight is 409 g/mol. The van der Waals surface area contributed by atoms with Crippen molar-refractivity contribution in [3.63, 3.8) is 0 Å². The number of aryl methyl sites for hydroxylation is 1. The van der Waals surface area contributed by atoms with Gasteiger partial charge in [0.15, 0.2) is 0 Å². The summed E-state index contributed by atoms with van der Waals surface area (Å²) in [5, 5.41) is 2.83. The number of amides is 2. The van der Waals surface area contributed by atoms with Crippen LogP contribution in [0.25, 0.3) is 0 Å². The smallest absolute Gasteiger partial charge is 0.265 e. The number of carbonyl (C=O) groups excluding carboxylic acids is 2. The number of halogens is 1. The van der Waals surface area contributed by atoms with Gasteiger partial charge in [0, 0.05) is 23.8 Å². The molecule has 0 spiro atoms. The van der Waals surface area contributed by atoms with Crippen LogP contribution in [0.5, 0.6) is 0 Å². The van der Waals surface area contributed by atoms with Gasteiger partial charge in [-0.25, -0.2) is 9.97 Å². The molecule has 0 radical (unpaired) electrons. The Kier molecular flexibility index (Phi) is 5.25. The topological polar surface area (TPSA) is 75.2 Å². The number of piperidine rings is 1. The SMILES string of the molecule is Cc1ncsc1C(=O)N1CCCC(C(=O)Nc2ccc(Br)cn2)C1. The second-order valence-corrected chi connectivity index (χ2v) is 7.48. The Morgan fingerprint density at radius 1 is 1.38 bits per heavy atom. The highest BCUT2D eigenvalue weighted by Crippen LogP contribution is 2.23. The predicted molar refractivity (Wildman–Crippen MR) is 96.0 cm³/mol. The summed E-state index contributed by atoms with van der Waals surface area (Å²) in [6.07, 6.45) is 3.22. The number of hydrogen-bond donors (Lipinski definition) is 1. The number of carbonyl (C=O) groups is 2. The van der Waals surface area contributed by atoms with Gasteiger partial charge in [-0.1, -0.05) is 0 Å². The lowest BCUT2D eigenvalue weighted by Gasteiger charge is -2.31. The van der Waals surface area contributed by atoms with Gasteiger partial charge < -0.3 is 10.2 Å². The molecule has 2 amide bonds. The number of rotatable bonds is 3. The standard InChI is InChI=1S/C16H17BrN4O2S/c1-10-14(24-9-19-10)16(23)21-6-2-3-11(8-21)15(22)20-13-5-4-12(17)7-18-13/h4-5,7,9,11H,2-3,6,8H2,1H3,(H,18,20,22). The Hall–Kier alpha value is -1.80. The number of hydrogen-bond acceptors (Lipinski definition) is 5. The molecule has 1 saturated heterocycles. The highest BCUT2D eigenvalue weighted by molar-refractivity contribution is 9.10. The van der Waals surface area contributed by atoms with Crippen molar-refractivity contribution in [2.75, 3.05) is 18.4 Å². The lowest BCUT2D eigenvalue weighted by molar-refractivity contribution is -0.121. The third kappa shape index (κ3) is 3.81. The Bertz CT molecular complexity index is 747. The minimum absolute atomic E-state index is 0.0331. The van der Waals surface area contributed by atoms with Gasteiger partial charge >= 0.3 is 0 Å². The minimum atomic E-state index is -0.221. The van der Waals surface area contributed by atoms with Crippen molar-refractivity contribution in [2.45, 2.75) is 19.8 Å². The highest BCUT2D eigenvalue weighted by Gasteiger charge is 2.30. The molecular formula is C16H17BrN4O2S. The molecule has 24 heavy (non-hydrogen) atoms. The zero-order valence-electron chi connectivity index (χ0n) is 13.2. The Labute approximate surface area is 152 Å². The van der Waals surface area contributed by atoms with Crippen LogP contribution in [0.1, 0.15) is 28.2 Å². The largest absolute Gasteiger partial charge is 0.337 e. The summed E-state index contributed by atoms with van der Waals surface area (Å²) < 4.78 is 0.856. The van der Waals surface area contributed by atoms with Crippen molar-refractivity contribution in [3.8, 4) is 0 Å².